The smallest absolute Gasteiger partial charge is 0.122 e. The van der Waals surface area contributed by atoms with Crippen LogP contribution in [0.5, 0.6) is 11.5 Å². The van der Waals surface area contributed by atoms with Gasteiger partial charge in [-0.3, -0.25) is 0 Å². The van der Waals surface area contributed by atoms with Crippen LogP contribution in [0.15, 0.2) is 18.2 Å². The SMILES string of the molecule is COc1cc(OC)cc([C@H](O)[C@H]2CCCN2)c1. The Bertz CT molecular complexity index is 353. The lowest BCUT2D eigenvalue weighted by Crippen LogP contribution is -2.28. The van der Waals surface area contributed by atoms with Crippen molar-refractivity contribution in [2.24, 2.45) is 0 Å². The van der Waals surface area contributed by atoms with Gasteiger partial charge in [0.25, 0.3) is 0 Å². The van der Waals surface area contributed by atoms with Crippen molar-refractivity contribution in [1.29, 1.82) is 0 Å². The van der Waals surface area contributed by atoms with Gasteiger partial charge < -0.3 is 19.9 Å². The number of aliphatic hydroxyl groups excluding tert-OH is 1. The molecule has 2 atom stereocenters. The number of ether oxygens (including phenoxy) is 2. The van der Waals surface area contributed by atoms with Crippen LogP contribution in [0.1, 0.15) is 24.5 Å². The van der Waals surface area contributed by atoms with Crippen LogP contribution in [0.2, 0.25) is 0 Å². The number of hydrogen-bond donors (Lipinski definition) is 2. The molecule has 1 aromatic rings. The molecule has 1 fully saturated rings. The first-order chi connectivity index (χ1) is 8.24. The van der Waals surface area contributed by atoms with Crippen LogP contribution in [0, 0.1) is 0 Å². The van der Waals surface area contributed by atoms with Crippen LogP contribution in [0.3, 0.4) is 0 Å². The molecule has 1 aromatic carbocycles. The van der Waals surface area contributed by atoms with E-state index in [2.05, 4.69) is 5.32 Å². The molecule has 4 heteroatoms. The molecule has 0 bridgehead atoms. The monoisotopic (exact) mass is 237 g/mol. The minimum absolute atomic E-state index is 0.131. The second-order valence-electron chi connectivity index (χ2n) is 4.29. The zero-order chi connectivity index (χ0) is 12.3. The number of hydrogen-bond acceptors (Lipinski definition) is 4. The maximum atomic E-state index is 10.3. The van der Waals surface area contributed by atoms with Crippen molar-refractivity contribution < 1.29 is 14.6 Å². The molecule has 0 spiro atoms. The molecule has 4 nitrogen and oxygen atoms in total. The van der Waals surface area contributed by atoms with E-state index in [-0.39, 0.29) is 6.04 Å². The third kappa shape index (κ3) is 2.70. The van der Waals surface area contributed by atoms with Crippen LogP contribution in [0.25, 0.3) is 0 Å². The lowest BCUT2D eigenvalue weighted by molar-refractivity contribution is 0.137. The first kappa shape index (κ1) is 12.2. The molecular weight excluding hydrogens is 218 g/mol. The zero-order valence-corrected chi connectivity index (χ0v) is 10.3. The van der Waals surface area contributed by atoms with Crippen molar-refractivity contribution in [1.82, 2.24) is 5.32 Å². The molecule has 94 valence electrons. The van der Waals surface area contributed by atoms with Gasteiger partial charge in [0.1, 0.15) is 11.5 Å². The fourth-order valence-corrected chi connectivity index (χ4v) is 2.21. The Morgan fingerprint density at radius 2 is 1.88 bits per heavy atom. The molecular formula is C13H19NO3. The van der Waals surface area contributed by atoms with Crippen molar-refractivity contribution in [2.75, 3.05) is 20.8 Å². The van der Waals surface area contributed by atoms with Crippen molar-refractivity contribution in [3.05, 3.63) is 23.8 Å². The lowest BCUT2D eigenvalue weighted by Gasteiger charge is -2.19. The van der Waals surface area contributed by atoms with Gasteiger partial charge in [-0.2, -0.15) is 0 Å². The first-order valence-corrected chi connectivity index (χ1v) is 5.89. The van der Waals surface area contributed by atoms with Gasteiger partial charge in [0, 0.05) is 12.1 Å². The van der Waals surface area contributed by atoms with Gasteiger partial charge >= 0.3 is 0 Å². The van der Waals surface area contributed by atoms with Crippen LogP contribution in [0.4, 0.5) is 0 Å². The molecule has 0 radical (unpaired) electrons. The Hall–Kier alpha value is -1.26. The summed E-state index contributed by atoms with van der Waals surface area (Å²) in [4.78, 5) is 0. The average molecular weight is 237 g/mol. The molecule has 0 aliphatic carbocycles. The highest BCUT2D eigenvalue weighted by atomic mass is 16.5. The average Bonchev–Trinajstić information content (AvgIpc) is 2.91. The molecule has 0 amide bonds. The van der Waals surface area contributed by atoms with E-state index >= 15 is 0 Å². The second-order valence-corrected chi connectivity index (χ2v) is 4.29. The highest BCUT2D eigenvalue weighted by Gasteiger charge is 2.24. The van der Waals surface area contributed by atoms with Crippen molar-refractivity contribution in [3.63, 3.8) is 0 Å². The Morgan fingerprint density at radius 3 is 2.35 bits per heavy atom. The molecule has 1 saturated heterocycles. The molecule has 0 saturated carbocycles. The summed E-state index contributed by atoms with van der Waals surface area (Å²) in [6.45, 7) is 0.975. The quantitative estimate of drug-likeness (QED) is 0.833. The van der Waals surface area contributed by atoms with E-state index in [1.807, 2.05) is 12.1 Å². The Balaban J connectivity index is 2.23. The minimum Gasteiger partial charge on any atom is -0.497 e. The molecule has 0 aromatic heterocycles. The topological polar surface area (TPSA) is 50.7 Å². The highest BCUT2D eigenvalue weighted by Crippen LogP contribution is 2.29. The Labute approximate surface area is 102 Å². The van der Waals surface area contributed by atoms with Crippen molar-refractivity contribution >= 4 is 0 Å². The number of methoxy groups -OCH3 is 2. The van der Waals surface area contributed by atoms with E-state index in [9.17, 15) is 5.11 Å². The summed E-state index contributed by atoms with van der Waals surface area (Å²) >= 11 is 0. The molecule has 1 aliphatic heterocycles. The Kier molecular flexibility index (Phi) is 3.86. The van der Waals surface area contributed by atoms with Gasteiger partial charge in [0.2, 0.25) is 0 Å². The summed E-state index contributed by atoms with van der Waals surface area (Å²) in [5, 5.41) is 13.6. The van der Waals surface area contributed by atoms with E-state index in [1.165, 1.54) is 0 Å². The van der Waals surface area contributed by atoms with E-state index in [4.69, 9.17) is 9.47 Å². The predicted molar refractivity (Wildman–Crippen MR) is 65.5 cm³/mol. The third-order valence-corrected chi connectivity index (χ3v) is 3.19. The van der Waals surface area contributed by atoms with Crippen molar-refractivity contribution in [3.8, 4) is 11.5 Å². The normalized spacial score (nSPS) is 21.2. The zero-order valence-electron chi connectivity index (χ0n) is 10.3. The van der Waals surface area contributed by atoms with Crippen LogP contribution < -0.4 is 14.8 Å². The lowest BCUT2D eigenvalue weighted by atomic mass is 10.0. The number of benzene rings is 1. The predicted octanol–water partition coefficient (Wildman–Crippen LogP) is 1.49. The van der Waals surface area contributed by atoms with Crippen LogP contribution in [-0.2, 0) is 0 Å². The summed E-state index contributed by atoms with van der Waals surface area (Å²) in [6.07, 6.45) is 1.60. The molecule has 1 heterocycles. The number of rotatable bonds is 4. The summed E-state index contributed by atoms with van der Waals surface area (Å²) in [5.41, 5.74) is 0.834. The molecule has 2 rings (SSSR count). The van der Waals surface area contributed by atoms with Crippen LogP contribution >= 0.6 is 0 Å². The molecule has 1 aliphatic rings. The summed E-state index contributed by atoms with van der Waals surface area (Å²) in [5.74, 6) is 1.41. The van der Waals surface area contributed by atoms with Gasteiger partial charge in [-0.25, -0.2) is 0 Å². The van der Waals surface area contributed by atoms with Gasteiger partial charge in [-0.05, 0) is 37.1 Å². The van der Waals surface area contributed by atoms with E-state index < -0.39 is 6.10 Å². The number of nitrogens with one attached hydrogen (secondary N) is 1. The largest absolute Gasteiger partial charge is 0.497 e. The van der Waals surface area contributed by atoms with Crippen molar-refractivity contribution in [2.45, 2.75) is 25.0 Å². The minimum atomic E-state index is -0.513. The fraction of sp³-hybridized carbons (Fsp3) is 0.538. The fourth-order valence-electron chi connectivity index (χ4n) is 2.21. The van der Waals surface area contributed by atoms with Gasteiger partial charge in [-0.1, -0.05) is 0 Å². The van der Waals surface area contributed by atoms with Gasteiger partial charge in [-0.15, -0.1) is 0 Å². The highest BCUT2D eigenvalue weighted by molar-refractivity contribution is 5.39. The number of aliphatic hydroxyl groups is 1. The third-order valence-electron chi connectivity index (χ3n) is 3.19. The van der Waals surface area contributed by atoms with Gasteiger partial charge in [0.15, 0.2) is 0 Å². The summed E-state index contributed by atoms with van der Waals surface area (Å²) in [7, 11) is 3.22. The second kappa shape index (κ2) is 5.38. The molecule has 2 N–H and O–H groups in total. The van der Waals surface area contributed by atoms with E-state index in [0.717, 1.165) is 24.9 Å². The van der Waals surface area contributed by atoms with Gasteiger partial charge in [0.05, 0.1) is 20.3 Å². The summed E-state index contributed by atoms with van der Waals surface area (Å²) in [6, 6.07) is 5.64. The van der Waals surface area contributed by atoms with E-state index in [1.54, 1.807) is 20.3 Å². The molecule has 0 unspecified atom stereocenters. The van der Waals surface area contributed by atoms with E-state index in [0.29, 0.717) is 11.5 Å². The molecule has 17 heavy (non-hydrogen) atoms. The first-order valence-electron chi connectivity index (χ1n) is 5.89. The standard InChI is InChI=1S/C13H19NO3/c1-16-10-6-9(7-11(8-10)17-2)13(15)12-4-3-5-14-12/h6-8,12-15H,3-5H2,1-2H3/t12-,13+/m1/s1. The maximum Gasteiger partial charge on any atom is 0.122 e. The maximum absolute atomic E-state index is 10.3. The summed E-state index contributed by atoms with van der Waals surface area (Å²) < 4.78 is 10.4. The van der Waals surface area contributed by atoms with Crippen LogP contribution in [-0.4, -0.2) is 31.9 Å². The Morgan fingerprint density at radius 1 is 1.24 bits per heavy atom.